The van der Waals surface area contributed by atoms with Gasteiger partial charge in [0.25, 0.3) is 5.91 Å². The number of carboxylic acids is 1. The third kappa shape index (κ3) is 6.96. The van der Waals surface area contributed by atoms with Crippen molar-refractivity contribution < 1.29 is 33.6 Å². The molecule has 1 atom stereocenters. The molecule has 0 aliphatic rings. The molecule has 37 heavy (non-hydrogen) atoms. The van der Waals surface area contributed by atoms with Gasteiger partial charge in [-0.05, 0) is 76.1 Å². The monoisotopic (exact) mass is 501 g/mol. The molecule has 1 amide bonds. The molecule has 4 aromatic carbocycles. The predicted molar refractivity (Wildman–Crippen MR) is 149 cm³/mol. The van der Waals surface area contributed by atoms with Crippen LogP contribution >= 0.6 is 11.8 Å². The Kier molecular flexibility index (Phi) is 10.2. The van der Waals surface area contributed by atoms with Crippen LogP contribution in [0, 0.1) is 6.92 Å². The van der Waals surface area contributed by atoms with Gasteiger partial charge in [0, 0.05) is 5.56 Å². The Morgan fingerprint density at radius 3 is 2.41 bits per heavy atom. The molecule has 4 aromatic rings. The van der Waals surface area contributed by atoms with E-state index in [0.29, 0.717) is 17.7 Å². The second kappa shape index (κ2) is 13.4. The van der Waals surface area contributed by atoms with Crippen molar-refractivity contribution in [3.05, 3.63) is 107 Å². The molecule has 0 bridgehead atoms. The van der Waals surface area contributed by atoms with Crippen molar-refractivity contribution in [3.8, 4) is 11.1 Å². The third-order valence-electron chi connectivity index (χ3n) is 6.20. The molecule has 6 heteroatoms. The number of hydrogen-bond donors (Lipinski definition) is 1. The van der Waals surface area contributed by atoms with Crippen LogP contribution in [0.1, 0.15) is 33.5 Å². The fourth-order valence-electron chi connectivity index (χ4n) is 4.26. The first-order valence-corrected chi connectivity index (χ1v) is 13.2. The smallest absolute Gasteiger partial charge is 0.548 e. The van der Waals surface area contributed by atoms with E-state index in [1.807, 2.05) is 73.9 Å². The van der Waals surface area contributed by atoms with E-state index in [1.165, 1.54) is 22.5 Å². The number of carbonyl (C=O) groups is 2. The first-order chi connectivity index (χ1) is 17.5. The second-order valence-corrected chi connectivity index (χ2v) is 9.63. The molecule has 4 nitrogen and oxygen atoms in total. The van der Waals surface area contributed by atoms with Crippen LogP contribution in [0.15, 0.2) is 84.9 Å². The quantitative estimate of drug-likeness (QED) is 0.283. The van der Waals surface area contributed by atoms with E-state index in [9.17, 15) is 14.7 Å². The largest absolute Gasteiger partial charge is 1.00 e. The Bertz CT molecular complexity index is 1430. The molecule has 0 saturated carbocycles. The number of carbonyl (C=O) groups excluding carboxylic acids is 2. The Balaban J connectivity index is 0.00000380. The Morgan fingerprint density at radius 2 is 1.65 bits per heavy atom. The number of rotatable bonds is 9. The standard InChI is InChI=1S/C31H29NO3S.Li/c1-21-8-3-5-12-25(21)28-20-22(14-16-24-11-7-10-23-9-4-6-13-26(23)24)15-17-27(28)30(33)32-29(31(34)35)18-19-36-2;/h3-17,20,29H,18-19H2,1-2H3,(H,32,33)(H,34,35);/q;+1/p-1/b16-14+;. The van der Waals surface area contributed by atoms with E-state index in [4.69, 9.17) is 0 Å². The van der Waals surface area contributed by atoms with E-state index in [-0.39, 0.29) is 18.9 Å². The van der Waals surface area contributed by atoms with Crippen LogP contribution in [-0.2, 0) is 4.79 Å². The van der Waals surface area contributed by atoms with Crippen LogP contribution < -0.4 is 29.3 Å². The van der Waals surface area contributed by atoms with Gasteiger partial charge in [0.1, 0.15) is 0 Å². The molecule has 1 unspecified atom stereocenters. The zero-order valence-electron chi connectivity index (χ0n) is 21.4. The van der Waals surface area contributed by atoms with Gasteiger partial charge in [0.2, 0.25) is 0 Å². The topological polar surface area (TPSA) is 69.2 Å². The molecule has 1 N–H and O–H groups in total. The van der Waals surface area contributed by atoms with Gasteiger partial charge in [-0.15, -0.1) is 0 Å². The second-order valence-electron chi connectivity index (χ2n) is 8.65. The summed E-state index contributed by atoms with van der Waals surface area (Å²) < 4.78 is 0. The predicted octanol–water partition coefficient (Wildman–Crippen LogP) is 2.59. The zero-order chi connectivity index (χ0) is 25.5. The molecule has 0 spiro atoms. The summed E-state index contributed by atoms with van der Waals surface area (Å²) in [5.41, 5.74) is 5.20. The van der Waals surface area contributed by atoms with Crippen LogP contribution in [0.3, 0.4) is 0 Å². The van der Waals surface area contributed by atoms with Crippen molar-refractivity contribution in [1.29, 1.82) is 0 Å². The number of amides is 1. The Labute approximate surface area is 234 Å². The van der Waals surface area contributed by atoms with E-state index in [1.54, 1.807) is 6.07 Å². The molecule has 0 aliphatic heterocycles. The summed E-state index contributed by atoms with van der Waals surface area (Å²) in [7, 11) is 0. The van der Waals surface area contributed by atoms with Gasteiger partial charge < -0.3 is 15.2 Å². The molecule has 182 valence electrons. The average Bonchev–Trinajstić information content (AvgIpc) is 2.89. The maximum Gasteiger partial charge on any atom is 1.00 e. The summed E-state index contributed by atoms with van der Waals surface area (Å²) in [5.74, 6) is -1.08. The summed E-state index contributed by atoms with van der Waals surface area (Å²) in [6.45, 7) is 2.00. The minimum absolute atomic E-state index is 0. The molecule has 0 aliphatic carbocycles. The maximum absolute atomic E-state index is 13.2. The molecule has 0 fully saturated rings. The summed E-state index contributed by atoms with van der Waals surface area (Å²) in [5, 5.41) is 16.6. The Hall–Kier alpha value is -3.23. The minimum atomic E-state index is -1.27. The molecule has 0 aromatic heterocycles. The first-order valence-electron chi connectivity index (χ1n) is 11.8. The average molecular weight is 502 g/mol. The van der Waals surface area contributed by atoms with Gasteiger partial charge in [0.05, 0.1) is 12.0 Å². The minimum Gasteiger partial charge on any atom is -0.548 e. The van der Waals surface area contributed by atoms with Crippen LogP contribution in [0.5, 0.6) is 0 Å². The first kappa shape index (κ1) is 28.3. The summed E-state index contributed by atoms with van der Waals surface area (Å²) in [4.78, 5) is 24.8. The fraction of sp³-hybridized carbons (Fsp3) is 0.161. The van der Waals surface area contributed by atoms with E-state index < -0.39 is 17.9 Å². The summed E-state index contributed by atoms with van der Waals surface area (Å²) >= 11 is 1.53. The molecule has 4 rings (SSSR count). The SMILES string of the molecule is CSCCC(NC(=O)c1ccc(/C=C/c2cccc3ccccc23)cc1-c1ccccc1C)C(=O)[O-].[Li+]. The number of nitrogens with one attached hydrogen (secondary N) is 1. The van der Waals surface area contributed by atoms with E-state index in [2.05, 4.69) is 35.7 Å². The summed E-state index contributed by atoms with van der Waals surface area (Å²) in [6, 6.07) is 26.9. The summed E-state index contributed by atoms with van der Waals surface area (Å²) in [6.07, 6.45) is 6.32. The molecule has 0 radical (unpaired) electrons. The van der Waals surface area contributed by atoms with Gasteiger partial charge in [-0.2, -0.15) is 11.8 Å². The number of carboxylic acid groups (broad SMARTS) is 1. The molecular formula is C31H28LiNO3S. The van der Waals surface area contributed by atoms with Crippen molar-refractivity contribution in [2.45, 2.75) is 19.4 Å². The van der Waals surface area contributed by atoms with Crippen molar-refractivity contribution in [3.63, 3.8) is 0 Å². The number of hydrogen-bond acceptors (Lipinski definition) is 4. The molecular weight excluding hydrogens is 473 g/mol. The van der Waals surface area contributed by atoms with Crippen LogP contribution in [0.4, 0.5) is 0 Å². The number of aryl methyl sites for hydroxylation is 1. The van der Waals surface area contributed by atoms with Crippen LogP contribution in [0.25, 0.3) is 34.1 Å². The van der Waals surface area contributed by atoms with Crippen LogP contribution in [0.2, 0.25) is 0 Å². The normalized spacial score (nSPS) is 11.7. The number of fused-ring (bicyclic) bond motifs is 1. The van der Waals surface area contributed by atoms with Gasteiger partial charge in [-0.3, -0.25) is 4.79 Å². The number of thioether (sulfide) groups is 1. The van der Waals surface area contributed by atoms with E-state index in [0.717, 1.165) is 27.8 Å². The van der Waals surface area contributed by atoms with Crippen molar-refractivity contribution in [2.75, 3.05) is 12.0 Å². The fourth-order valence-corrected chi connectivity index (χ4v) is 4.74. The maximum atomic E-state index is 13.2. The van der Waals surface area contributed by atoms with Crippen molar-refractivity contribution >= 4 is 46.6 Å². The van der Waals surface area contributed by atoms with Gasteiger partial charge in [-0.25, -0.2) is 0 Å². The number of benzene rings is 4. The van der Waals surface area contributed by atoms with Gasteiger partial charge in [-0.1, -0.05) is 84.9 Å². The third-order valence-corrected chi connectivity index (χ3v) is 6.85. The molecule has 0 heterocycles. The molecule has 0 saturated heterocycles. The van der Waals surface area contributed by atoms with Gasteiger partial charge in [0.15, 0.2) is 0 Å². The van der Waals surface area contributed by atoms with E-state index >= 15 is 0 Å². The van der Waals surface area contributed by atoms with Crippen LogP contribution in [-0.4, -0.2) is 29.9 Å². The zero-order valence-corrected chi connectivity index (χ0v) is 22.2. The number of aliphatic carboxylic acids is 1. The van der Waals surface area contributed by atoms with Crippen molar-refractivity contribution in [2.24, 2.45) is 0 Å². The van der Waals surface area contributed by atoms with Gasteiger partial charge >= 0.3 is 18.9 Å². The Morgan fingerprint density at radius 1 is 0.919 bits per heavy atom. The van der Waals surface area contributed by atoms with Crippen molar-refractivity contribution in [1.82, 2.24) is 5.32 Å².